The molecule has 0 radical (unpaired) electrons. The normalized spacial score (nSPS) is 17.2. The van der Waals surface area contributed by atoms with E-state index in [9.17, 15) is 19.5 Å². The minimum Gasteiger partial charge on any atom is -0.481 e. The summed E-state index contributed by atoms with van der Waals surface area (Å²) in [6, 6.07) is 8.72. The molecule has 0 spiro atoms. The molecule has 7 heteroatoms. The molecule has 1 atom stereocenters. The van der Waals surface area contributed by atoms with Crippen LogP contribution in [0.4, 0.5) is 0 Å². The summed E-state index contributed by atoms with van der Waals surface area (Å²) in [7, 11) is 0. The Labute approximate surface area is 173 Å². The Hall–Kier alpha value is -2.80. The zero-order valence-corrected chi connectivity index (χ0v) is 16.9. The van der Waals surface area contributed by atoms with Gasteiger partial charge < -0.3 is 10.0 Å². The van der Waals surface area contributed by atoms with E-state index in [0.29, 0.717) is 19.4 Å². The largest absolute Gasteiger partial charge is 0.481 e. The van der Waals surface area contributed by atoms with Gasteiger partial charge in [-0.2, -0.15) is 0 Å². The van der Waals surface area contributed by atoms with Crippen LogP contribution >= 0.6 is 11.3 Å². The molecular formula is C22H24N2O4S. The molecule has 0 bridgehead atoms. The van der Waals surface area contributed by atoms with Crippen molar-refractivity contribution in [2.45, 2.75) is 44.6 Å². The van der Waals surface area contributed by atoms with Gasteiger partial charge in [-0.3, -0.25) is 19.4 Å². The van der Waals surface area contributed by atoms with Gasteiger partial charge in [0, 0.05) is 29.7 Å². The average Bonchev–Trinajstić information content (AvgIpc) is 3.17. The van der Waals surface area contributed by atoms with E-state index in [1.165, 1.54) is 11.0 Å². The van der Waals surface area contributed by atoms with Crippen molar-refractivity contribution in [3.05, 3.63) is 64.1 Å². The highest BCUT2D eigenvalue weighted by atomic mass is 32.1. The van der Waals surface area contributed by atoms with Gasteiger partial charge >= 0.3 is 5.97 Å². The van der Waals surface area contributed by atoms with E-state index in [0.717, 1.165) is 29.0 Å². The van der Waals surface area contributed by atoms with E-state index >= 15 is 0 Å². The van der Waals surface area contributed by atoms with Crippen molar-refractivity contribution < 1.29 is 19.5 Å². The van der Waals surface area contributed by atoms with Crippen LogP contribution in [0.2, 0.25) is 0 Å². The number of pyridine rings is 1. The van der Waals surface area contributed by atoms with Crippen molar-refractivity contribution in [1.82, 2.24) is 9.88 Å². The van der Waals surface area contributed by atoms with Crippen LogP contribution < -0.4 is 0 Å². The summed E-state index contributed by atoms with van der Waals surface area (Å²) >= 11 is 1.59. The highest BCUT2D eigenvalue weighted by Gasteiger charge is 2.33. The lowest BCUT2D eigenvalue weighted by molar-refractivity contribution is -0.144. The first-order valence-electron chi connectivity index (χ1n) is 9.70. The average molecular weight is 413 g/mol. The second-order valence-corrected chi connectivity index (χ2v) is 8.12. The topological polar surface area (TPSA) is 87.6 Å². The number of amides is 1. The summed E-state index contributed by atoms with van der Waals surface area (Å²) in [4.78, 5) is 43.8. The minimum atomic E-state index is -1.08. The number of rotatable bonds is 9. The molecule has 0 fully saturated rings. The summed E-state index contributed by atoms with van der Waals surface area (Å²) in [5, 5.41) is 11.2. The summed E-state index contributed by atoms with van der Waals surface area (Å²) in [5.41, 5.74) is 1.74. The summed E-state index contributed by atoms with van der Waals surface area (Å²) in [6.07, 6.45) is 5.81. The van der Waals surface area contributed by atoms with Crippen LogP contribution in [0.5, 0.6) is 0 Å². The number of hydrogen-bond donors (Lipinski definition) is 1. The van der Waals surface area contributed by atoms with Crippen molar-refractivity contribution in [3.8, 4) is 0 Å². The number of carboxylic acids is 1. The molecule has 29 heavy (non-hydrogen) atoms. The second kappa shape index (κ2) is 10.1. The maximum atomic E-state index is 12.9. The SMILES string of the molecule is O=C(O)CC1C(=O)C=C(CCCc2ccccn2)CC(=O)N1CCc1cccs1. The molecule has 1 unspecified atom stereocenters. The summed E-state index contributed by atoms with van der Waals surface area (Å²) < 4.78 is 0. The highest BCUT2D eigenvalue weighted by molar-refractivity contribution is 7.09. The number of aryl methyl sites for hydroxylation is 1. The molecular weight excluding hydrogens is 388 g/mol. The van der Waals surface area contributed by atoms with Crippen molar-refractivity contribution in [2.75, 3.05) is 6.54 Å². The zero-order chi connectivity index (χ0) is 20.6. The van der Waals surface area contributed by atoms with Crippen LogP contribution in [-0.2, 0) is 27.2 Å². The molecule has 2 aromatic rings. The lowest BCUT2D eigenvalue weighted by atomic mass is 10.0. The van der Waals surface area contributed by atoms with Gasteiger partial charge in [0.05, 0.1) is 6.42 Å². The van der Waals surface area contributed by atoms with Crippen LogP contribution in [0.1, 0.15) is 36.3 Å². The second-order valence-electron chi connectivity index (χ2n) is 7.09. The molecule has 0 aromatic carbocycles. The Bertz CT molecular complexity index is 877. The lowest BCUT2D eigenvalue weighted by Crippen LogP contribution is -2.45. The number of thiophene rings is 1. The van der Waals surface area contributed by atoms with Gasteiger partial charge in [-0.15, -0.1) is 11.3 Å². The molecule has 0 aliphatic carbocycles. The predicted molar refractivity (Wildman–Crippen MR) is 111 cm³/mol. The van der Waals surface area contributed by atoms with E-state index in [-0.39, 0.29) is 24.5 Å². The smallest absolute Gasteiger partial charge is 0.305 e. The van der Waals surface area contributed by atoms with E-state index in [2.05, 4.69) is 4.98 Å². The fourth-order valence-electron chi connectivity index (χ4n) is 3.52. The third kappa shape index (κ3) is 6.09. The lowest BCUT2D eigenvalue weighted by Gasteiger charge is -2.28. The van der Waals surface area contributed by atoms with E-state index in [1.807, 2.05) is 35.7 Å². The third-order valence-electron chi connectivity index (χ3n) is 4.95. The standard InChI is InChI=1S/C22H24N2O4S/c25-20-13-16(5-3-7-17-6-1-2-10-23-17)14-21(26)24(19(20)15-22(27)28)11-9-18-8-4-12-29-18/h1-2,4,6,8,10,12-13,19H,3,5,7,9,11,14-15H2,(H,27,28). The number of nitrogens with zero attached hydrogens (tertiary/aromatic N) is 2. The van der Waals surface area contributed by atoms with Gasteiger partial charge in [0.25, 0.3) is 0 Å². The molecule has 3 heterocycles. The zero-order valence-electron chi connectivity index (χ0n) is 16.1. The van der Waals surface area contributed by atoms with Crippen molar-refractivity contribution in [2.24, 2.45) is 0 Å². The Kier molecular flexibility index (Phi) is 7.30. The van der Waals surface area contributed by atoms with Crippen LogP contribution in [0, 0.1) is 0 Å². The molecule has 1 N–H and O–H groups in total. The van der Waals surface area contributed by atoms with Gasteiger partial charge in [-0.25, -0.2) is 0 Å². The number of ketones is 1. The Morgan fingerprint density at radius 2 is 2.03 bits per heavy atom. The van der Waals surface area contributed by atoms with Gasteiger partial charge in [-0.1, -0.05) is 17.7 Å². The molecule has 0 saturated carbocycles. The van der Waals surface area contributed by atoms with Gasteiger partial charge in [0.1, 0.15) is 6.04 Å². The number of carboxylic acid groups (broad SMARTS) is 1. The fraction of sp³-hybridized carbons (Fsp3) is 0.364. The van der Waals surface area contributed by atoms with Crippen molar-refractivity contribution >= 4 is 29.0 Å². The predicted octanol–water partition coefficient (Wildman–Crippen LogP) is 3.28. The molecule has 1 amide bonds. The maximum absolute atomic E-state index is 12.9. The van der Waals surface area contributed by atoms with E-state index in [1.54, 1.807) is 17.5 Å². The third-order valence-corrected chi connectivity index (χ3v) is 5.89. The van der Waals surface area contributed by atoms with Crippen LogP contribution in [0.25, 0.3) is 0 Å². The first-order chi connectivity index (χ1) is 14.0. The summed E-state index contributed by atoms with van der Waals surface area (Å²) in [5.74, 6) is -1.55. The van der Waals surface area contributed by atoms with Gasteiger partial charge in [0.2, 0.25) is 5.91 Å². The number of aromatic nitrogens is 1. The van der Waals surface area contributed by atoms with E-state index < -0.39 is 12.0 Å². The van der Waals surface area contributed by atoms with Crippen molar-refractivity contribution in [3.63, 3.8) is 0 Å². The van der Waals surface area contributed by atoms with Gasteiger partial charge in [-0.05, 0) is 55.3 Å². The minimum absolute atomic E-state index is 0.161. The van der Waals surface area contributed by atoms with Crippen LogP contribution in [0.3, 0.4) is 0 Å². The number of hydrogen-bond acceptors (Lipinski definition) is 5. The first-order valence-corrected chi connectivity index (χ1v) is 10.6. The summed E-state index contributed by atoms with van der Waals surface area (Å²) in [6.45, 7) is 0.345. The van der Waals surface area contributed by atoms with Crippen LogP contribution in [0.15, 0.2) is 53.6 Å². The highest BCUT2D eigenvalue weighted by Crippen LogP contribution is 2.23. The van der Waals surface area contributed by atoms with Crippen LogP contribution in [-0.4, -0.2) is 45.2 Å². The molecule has 6 nitrogen and oxygen atoms in total. The fourth-order valence-corrected chi connectivity index (χ4v) is 4.22. The Morgan fingerprint density at radius 1 is 1.17 bits per heavy atom. The Balaban J connectivity index is 1.67. The number of carbonyl (C=O) groups excluding carboxylic acids is 2. The van der Waals surface area contributed by atoms with E-state index in [4.69, 9.17) is 0 Å². The molecule has 1 aliphatic heterocycles. The first kappa shape index (κ1) is 20.9. The monoisotopic (exact) mass is 412 g/mol. The number of carbonyl (C=O) groups is 3. The van der Waals surface area contributed by atoms with Crippen molar-refractivity contribution in [1.29, 1.82) is 0 Å². The quantitative estimate of drug-likeness (QED) is 0.683. The molecule has 2 aromatic heterocycles. The molecule has 3 rings (SSSR count). The Morgan fingerprint density at radius 3 is 2.72 bits per heavy atom. The molecule has 1 aliphatic rings. The van der Waals surface area contributed by atoms with Gasteiger partial charge in [0.15, 0.2) is 5.78 Å². The number of aliphatic carboxylic acids is 1. The maximum Gasteiger partial charge on any atom is 0.305 e. The molecule has 0 saturated heterocycles. The molecule has 152 valence electrons.